The molecule has 0 unspecified atom stereocenters. The molecule has 1 aromatic carbocycles. The van der Waals surface area contributed by atoms with Gasteiger partial charge in [-0.1, -0.05) is 26.0 Å². The standard InChI is InChI=1S/C17H29N3O3S/c1-4-19(5-2)24(21,22)20-13-11-18(12-14-20)15-16-7-9-17(10-8-16)23-6-3/h7-10H,4-6,11-15H2,1-3H3. The zero-order valence-electron chi connectivity index (χ0n) is 14.9. The molecule has 0 atom stereocenters. The molecule has 6 nitrogen and oxygen atoms in total. The SMILES string of the molecule is CCOc1ccc(CN2CCN(S(=O)(=O)N(CC)CC)CC2)cc1. The van der Waals surface area contributed by atoms with Gasteiger partial charge in [0.15, 0.2) is 0 Å². The molecule has 24 heavy (non-hydrogen) atoms. The van der Waals surface area contributed by atoms with Gasteiger partial charge >= 0.3 is 0 Å². The Labute approximate surface area is 146 Å². The molecule has 1 aliphatic rings. The van der Waals surface area contributed by atoms with Crippen LogP contribution in [0, 0.1) is 0 Å². The molecule has 0 aromatic heterocycles. The second-order valence-electron chi connectivity index (χ2n) is 5.84. The third-order valence-corrected chi connectivity index (χ3v) is 6.52. The Bertz CT molecular complexity index is 592. The van der Waals surface area contributed by atoms with Crippen molar-refractivity contribution in [2.45, 2.75) is 27.3 Å². The fraction of sp³-hybridized carbons (Fsp3) is 0.647. The van der Waals surface area contributed by atoms with E-state index in [1.165, 1.54) is 9.87 Å². The van der Waals surface area contributed by atoms with Crippen molar-refractivity contribution < 1.29 is 13.2 Å². The van der Waals surface area contributed by atoms with E-state index in [9.17, 15) is 8.42 Å². The van der Waals surface area contributed by atoms with Crippen LogP contribution in [-0.4, -0.2) is 67.8 Å². The second kappa shape index (κ2) is 8.80. The van der Waals surface area contributed by atoms with Gasteiger partial charge in [0.05, 0.1) is 6.61 Å². The minimum absolute atomic E-state index is 0.519. The maximum Gasteiger partial charge on any atom is 0.282 e. The van der Waals surface area contributed by atoms with Crippen LogP contribution in [0.3, 0.4) is 0 Å². The zero-order chi connectivity index (χ0) is 17.6. The monoisotopic (exact) mass is 355 g/mol. The van der Waals surface area contributed by atoms with Gasteiger partial charge in [-0.3, -0.25) is 4.90 Å². The number of rotatable bonds is 8. The molecule has 0 saturated carbocycles. The summed E-state index contributed by atoms with van der Waals surface area (Å²) in [6.45, 7) is 10.9. The summed E-state index contributed by atoms with van der Waals surface area (Å²) in [4.78, 5) is 2.30. The highest BCUT2D eigenvalue weighted by atomic mass is 32.2. The number of nitrogens with zero attached hydrogens (tertiary/aromatic N) is 3. The maximum atomic E-state index is 12.5. The van der Waals surface area contributed by atoms with Gasteiger partial charge in [-0.25, -0.2) is 0 Å². The van der Waals surface area contributed by atoms with E-state index in [1.807, 2.05) is 32.9 Å². The molecule has 0 radical (unpaired) electrons. The van der Waals surface area contributed by atoms with E-state index in [0.29, 0.717) is 32.8 Å². The molecular formula is C17H29N3O3S. The van der Waals surface area contributed by atoms with E-state index in [2.05, 4.69) is 17.0 Å². The first-order valence-corrected chi connectivity index (χ1v) is 10.1. The number of hydrogen-bond donors (Lipinski definition) is 0. The van der Waals surface area contributed by atoms with Crippen LogP contribution >= 0.6 is 0 Å². The Morgan fingerprint density at radius 2 is 1.58 bits per heavy atom. The van der Waals surface area contributed by atoms with Gasteiger partial charge in [-0.2, -0.15) is 17.0 Å². The first kappa shape index (κ1) is 19.2. The maximum absolute atomic E-state index is 12.5. The van der Waals surface area contributed by atoms with Gasteiger partial charge in [0.25, 0.3) is 10.2 Å². The van der Waals surface area contributed by atoms with Crippen LogP contribution in [0.1, 0.15) is 26.3 Å². The first-order chi connectivity index (χ1) is 11.5. The summed E-state index contributed by atoms with van der Waals surface area (Å²) in [5.41, 5.74) is 1.22. The van der Waals surface area contributed by atoms with E-state index in [-0.39, 0.29) is 0 Å². The van der Waals surface area contributed by atoms with Crippen LogP contribution in [0.5, 0.6) is 5.75 Å². The fourth-order valence-electron chi connectivity index (χ4n) is 2.95. The normalized spacial score (nSPS) is 17.3. The Balaban J connectivity index is 1.88. The Hall–Kier alpha value is -1.15. The van der Waals surface area contributed by atoms with Crippen molar-refractivity contribution in [3.63, 3.8) is 0 Å². The van der Waals surface area contributed by atoms with E-state index in [1.54, 1.807) is 4.31 Å². The lowest BCUT2D eigenvalue weighted by atomic mass is 10.2. The van der Waals surface area contributed by atoms with Gasteiger partial charge in [0.1, 0.15) is 5.75 Å². The quantitative estimate of drug-likeness (QED) is 0.713. The summed E-state index contributed by atoms with van der Waals surface area (Å²) >= 11 is 0. The third-order valence-electron chi connectivity index (χ3n) is 4.33. The van der Waals surface area contributed by atoms with Crippen LogP contribution in [-0.2, 0) is 16.8 Å². The average Bonchev–Trinajstić information content (AvgIpc) is 2.58. The van der Waals surface area contributed by atoms with Crippen LogP contribution in [0.25, 0.3) is 0 Å². The summed E-state index contributed by atoms with van der Waals surface area (Å²) in [7, 11) is -3.31. The molecular weight excluding hydrogens is 326 g/mol. The molecule has 2 rings (SSSR count). The molecule has 0 aliphatic carbocycles. The fourth-order valence-corrected chi connectivity index (χ4v) is 4.55. The minimum atomic E-state index is -3.31. The number of benzene rings is 1. The molecule has 1 saturated heterocycles. The average molecular weight is 356 g/mol. The molecule has 0 amide bonds. The van der Waals surface area contributed by atoms with E-state index >= 15 is 0 Å². The van der Waals surface area contributed by atoms with Crippen LogP contribution in [0.2, 0.25) is 0 Å². The smallest absolute Gasteiger partial charge is 0.282 e. The largest absolute Gasteiger partial charge is 0.494 e. The number of ether oxygens (including phenoxy) is 1. The first-order valence-electron chi connectivity index (χ1n) is 8.70. The summed E-state index contributed by atoms with van der Waals surface area (Å²) < 4.78 is 33.6. The van der Waals surface area contributed by atoms with Crippen LogP contribution in [0.4, 0.5) is 0 Å². The highest BCUT2D eigenvalue weighted by Crippen LogP contribution is 2.16. The van der Waals surface area contributed by atoms with Crippen molar-refractivity contribution in [3.05, 3.63) is 29.8 Å². The summed E-state index contributed by atoms with van der Waals surface area (Å²) in [6, 6.07) is 8.12. The van der Waals surface area contributed by atoms with E-state index in [4.69, 9.17) is 4.74 Å². The summed E-state index contributed by atoms with van der Waals surface area (Å²) in [5.74, 6) is 0.886. The van der Waals surface area contributed by atoms with Crippen molar-refractivity contribution in [1.82, 2.24) is 13.5 Å². The number of piperazine rings is 1. The van der Waals surface area contributed by atoms with Crippen molar-refractivity contribution in [1.29, 1.82) is 0 Å². The lowest BCUT2D eigenvalue weighted by Crippen LogP contribution is -2.52. The van der Waals surface area contributed by atoms with Gasteiger partial charge in [0.2, 0.25) is 0 Å². The molecule has 1 aromatic rings. The highest BCUT2D eigenvalue weighted by molar-refractivity contribution is 7.86. The Morgan fingerprint density at radius 1 is 1.00 bits per heavy atom. The topological polar surface area (TPSA) is 53.1 Å². The zero-order valence-corrected chi connectivity index (χ0v) is 15.8. The summed E-state index contributed by atoms with van der Waals surface area (Å²) in [6.07, 6.45) is 0. The highest BCUT2D eigenvalue weighted by Gasteiger charge is 2.30. The summed E-state index contributed by atoms with van der Waals surface area (Å²) in [5, 5.41) is 0. The van der Waals surface area contributed by atoms with Crippen molar-refractivity contribution in [2.75, 3.05) is 45.9 Å². The van der Waals surface area contributed by atoms with Gasteiger partial charge < -0.3 is 4.74 Å². The van der Waals surface area contributed by atoms with Gasteiger partial charge in [-0.05, 0) is 24.6 Å². The van der Waals surface area contributed by atoms with Crippen molar-refractivity contribution in [2.24, 2.45) is 0 Å². The predicted molar refractivity (Wildman–Crippen MR) is 96.3 cm³/mol. The lowest BCUT2D eigenvalue weighted by molar-refractivity contribution is 0.175. The van der Waals surface area contributed by atoms with Crippen molar-refractivity contribution in [3.8, 4) is 5.75 Å². The number of hydrogen-bond acceptors (Lipinski definition) is 4. The molecule has 0 N–H and O–H groups in total. The predicted octanol–water partition coefficient (Wildman–Crippen LogP) is 1.79. The van der Waals surface area contributed by atoms with Crippen molar-refractivity contribution >= 4 is 10.2 Å². The van der Waals surface area contributed by atoms with Gasteiger partial charge in [-0.15, -0.1) is 0 Å². The third kappa shape index (κ3) is 4.69. The molecule has 1 heterocycles. The molecule has 0 spiro atoms. The van der Waals surface area contributed by atoms with E-state index in [0.717, 1.165) is 25.4 Å². The van der Waals surface area contributed by atoms with E-state index < -0.39 is 10.2 Å². The molecule has 1 aliphatic heterocycles. The Kier molecular flexibility index (Phi) is 7.03. The van der Waals surface area contributed by atoms with Crippen LogP contribution in [0.15, 0.2) is 24.3 Å². The Morgan fingerprint density at radius 3 is 2.08 bits per heavy atom. The molecule has 0 bridgehead atoms. The van der Waals surface area contributed by atoms with Crippen LogP contribution < -0.4 is 4.74 Å². The molecule has 136 valence electrons. The second-order valence-corrected chi connectivity index (χ2v) is 7.77. The lowest BCUT2D eigenvalue weighted by Gasteiger charge is -2.36. The minimum Gasteiger partial charge on any atom is -0.494 e. The molecule has 1 fully saturated rings. The van der Waals surface area contributed by atoms with Gasteiger partial charge in [0, 0.05) is 45.8 Å². The molecule has 7 heteroatoms.